The fraction of sp³-hybridized carbons (Fsp3) is 0.478. The smallest absolute Gasteiger partial charge is 0.303 e. The monoisotopic (exact) mass is 750 g/mol. The molecule has 0 atom stereocenters. The third-order valence-corrected chi connectivity index (χ3v) is 11.4. The lowest BCUT2D eigenvalue weighted by molar-refractivity contribution is -0.438. The Balaban J connectivity index is 1.49. The number of nitrogens with zero attached hydrogens (tertiary/aromatic N) is 2. The van der Waals surface area contributed by atoms with Crippen molar-refractivity contribution in [3.05, 3.63) is 107 Å². The molecule has 9 nitrogen and oxygen atoms in total. The second kappa shape index (κ2) is 19.1. The van der Waals surface area contributed by atoms with Gasteiger partial charge in [0.05, 0.1) is 12.0 Å². The number of carbonyl (C=O) groups excluding carboxylic acids is 1. The van der Waals surface area contributed by atoms with Crippen molar-refractivity contribution in [1.82, 2.24) is 5.32 Å². The maximum atomic E-state index is 11.4. The molecule has 0 spiro atoms. The van der Waals surface area contributed by atoms with Crippen molar-refractivity contribution >= 4 is 35.5 Å². The van der Waals surface area contributed by atoms with Crippen LogP contribution in [0.4, 0.5) is 11.4 Å². The lowest BCUT2D eigenvalue weighted by atomic mass is 9.81. The molecule has 0 fully saturated rings. The molecule has 5 rings (SSSR count). The summed E-state index contributed by atoms with van der Waals surface area (Å²) in [7, 11) is 0. The zero-order valence-electron chi connectivity index (χ0n) is 33.2. The van der Waals surface area contributed by atoms with Crippen molar-refractivity contribution in [2.24, 2.45) is 0 Å². The maximum Gasteiger partial charge on any atom is 0.303 e. The molecule has 0 bridgehead atoms. The van der Waals surface area contributed by atoms with E-state index in [1.165, 1.54) is 45.1 Å². The Morgan fingerprint density at radius 2 is 1.53 bits per heavy atom. The molecule has 0 radical (unpaired) electrons. The van der Waals surface area contributed by atoms with E-state index in [0.29, 0.717) is 32.5 Å². The van der Waals surface area contributed by atoms with Crippen LogP contribution in [-0.4, -0.2) is 65.2 Å². The number of anilines is 1. The Morgan fingerprint density at radius 3 is 2.29 bits per heavy atom. The van der Waals surface area contributed by atoms with Gasteiger partial charge in [0.1, 0.15) is 6.54 Å². The average Bonchev–Trinajstić information content (AvgIpc) is 3.51. The Kier molecular flexibility index (Phi) is 14.3. The number of hydrogen-bond donors (Lipinski definition) is 3. The SMILES string of the molecule is CC1(C)C(=CC=C2CCCC(C=CC3=[N+](CCCCCOC=O)c4ccccc4C3(C)C)=C2NCCCC(=O)O)N(CCCCCC(=O)O)c2ccccc21. The number of nitrogens with one attached hydrogen (secondary N) is 1. The largest absolute Gasteiger partial charge is 0.481 e. The van der Waals surface area contributed by atoms with Gasteiger partial charge in [-0.25, -0.2) is 0 Å². The van der Waals surface area contributed by atoms with Crippen molar-refractivity contribution in [3.63, 3.8) is 0 Å². The van der Waals surface area contributed by atoms with E-state index in [4.69, 9.17) is 9.84 Å². The van der Waals surface area contributed by atoms with Crippen molar-refractivity contribution in [3.8, 4) is 0 Å². The number of fused-ring (bicyclic) bond motifs is 2. The minimum absolute atomic E-state index is 0.114. The third kappa shape index (κ3) is 10.0. The summed E-state index contributed by atoms with van der Waals surface area (Å²) in [6.07, 6.45) is 18.1. The highest BCUT2D eigenvalue weighted by atomic mass is 16.5. The number of carboxylic acid groups (broad SMARTS) is 2. The van der Waals surface area contributed by atoms with Crippen LogP contribution >= 0.6 is 0 Å². The highest BCUT2D eigenvalue weighted by Gasteiger charge is 2.44. The molecule has 0 aromatic heterocycles. The maximum absolute atomic E-state index is 11.4. The second-order valence-electron chi connectivity index (χ2n) is 16.0. The summed E-state index contributed by atoms with van der Waals surface area (Å²) < 4.78 is 7.37. The minimum Gasteiger partial charge on any atom is -0.481 e. The first-order valence-electron chi connectivity index (χ1n) is 20.1. The van der Waals surface area contributed by atoms with Gasteiger partial charge < -0.3 is 25.2 Å². The first-order valence-corrected chi connectivity index (χ1v) is 20.1. The molecule has 2 heterocycles. The molecule has 2 aliphatic heterocycles. The van der Waals surface area contributed by atoms with Crippen molar-refractivity contribution in [2.45, 2.75) is 116 Å². The summed E-state index contributed by atoms with van der Waals surface area (Å²) in [5, 5.41) is 22.2. The molecule has 1 aliphatic carbocycles. The van der Waals surface area contributed by atoms with Crippen LogP contribution in [0.2, 0.25) is 0 Å². The normalized spacial score (nSPS) is 18.7. The van der Waals surface area contributed by atoms with Gasteiger partial charge in [-0.05, 0) is 94.1 Å². The number of carbonyl (C=O) groups is 3. The zero-order valence-corrected chi connectivity index (χ0v) is 33.2. The first-order chi connectivity index (χ1) is 26.5. The number of unbranched alkanes of at least 4 members (excludes halogenated alkanes) is 4. The molecule has 3 aliphatic rings. The summed E-state index contributed by atoms with van der Waals surface area (Å²) in [6.45, 7) is 12.4. The quantitative estimate of drug-likeness (QED) is 0.0657. The van der Waals surface area contributed by atoms with Crippen LogP contribution in [0, 0.1) is 0 Å². The molecule has 294 valence electrons. The fourth-order valence-electron chi connectivity index (χ4n) is 8.46. The minimum atomic E-state index is -0.790. The second-order valence-corrected chi connectivity index (χ2v) is 16.0. The molecule has 3 N–H and O–H groups in total. The number of hydrogen-bond acceptors (Lipinski definition) is 6. The molecule has 0 saturated heterocycles. The lowest BCUT2D eigenvalue weighted by Crippen LogP contribution is -2.28. The number of rotatable bonds is 21. The fourth-order valence-corrected chi connectivity index (χ4v) is 8.46. The molecule has 55 heavy (non-hydrogen) atoms. The van der Waals surface area contributed by atoms with Crippen LogP contribution in [0.3, 0.4) is 0 Å². The number of aliphatic carboxylic acids is 2. The summed E-state index contributed by atoms with van der Waals surface area (Å²) >= 11 is 0. The molecule has 0 saturated carbocycles. The van der Waals surface area contributed by atoms with Gasteiger partial charge in [-0.2, -0.15) is 4.58 Å². The predicted octanol–water partition coefficient (Wildman–Crippen LogP) is 9.11. The van der Waals surface area contributed by atoms with Gasteiger partial charge in [0, 0.05) is 72.6 Å². The Morgan fingerprint density at radius 1 is 0.818 bits per heavy atom. The van der Waals surface area contributed by atoms with Gasteiger partial charge in [-0.15, -0.1) is 0 Å². The van der Waals surface area contributed by atoms with Gasteiger partial charge >= 0.3 is 11.9 Å². The summed E-state index contributed by atoms with van der Waals surface area (Å²) in [5.41, 5.74) is 10.6. The van der Waals surface area contributed by atoms with E-state index in [0.717, 1.165) is 70.2 Å². The molecule has 2 aromatic carbocycles. The van der Waals surface area contributed by atoms with E-state index in [9.17, 15) is 19.5 Å². The van der Waals surface area contributed by atoms with Crippen molar-refractivity contribution in [2.75, 3.05) is 31.1 Å². The number of para-hydroxylation sites is 2. The van der Waals surface area contributed by atoms with Crippen LogP contribution < -0.4 is 10.2 Å². The lowest BCUT2D eigenvalue weighted by Gasteiger charge is -2.28. The predicted molar refractivity (Wildman–Crippen MR) is 219 cm³/mol. The van der Waals surface area contributed by atoms with E-state index in [1.807, 2.05) is 0 Å². The topological polar surface area (TPSA) is 119 Å². The standard InChI is InChI=1S/C46H59N3O6/c1-45(2)36-19-8-10-21-38(36)48(30-12-5-7-23-42(51)52)40(45)27-25-34-17-15-18-35(44(34)47-29-16-24-43(53)54)26-28-41-46(3,4)37-20-9-11-22-39(37)49(41)31-13-6-14-32-55-33-50/h8-11,19-22,25-28,33H,5-7,12-18,23-24,29-32H2,1-4H3,(H2,51,52,53,54)/p+1. The Bertz CT molecular complexity index is 1860. The van der Waals surface area contributed by atoms with E-state index in [1.54, 1.807) is 0 Å². The van der Waals surface area contributed by atoms with Crippen LogP contribution in [0.15, 0.2) is 95.4 Å². The van der Waals surface area contributed by atoms with Gasteiger partial charge in [-0.1, -0.05) is 68.8 Å². The Hall–Kier alpha value is -4.92. The van der Waals surface area contributed by atoms with E-state index < -0.39 is 11.9 Å². The molecule has 2 aromatic rings. The van der Waals surface area contributed by atoms with Gasteiger partial charge in [-0.3, -0.25) is 14.4 Å². The zero-order chi connectivity index (χ0) is 39.4. The summed E-state index contributed by atoms with van der Waals surface area (Å²) in [5.74, 6) is -1.54. The van der Waals surface area contributed by atoms with Gasteiger partial charge in [0.2, 0.25) is 5.69 Å². The van der Waals surface area contributed by atoms with Crippen LogP contribution in [0.5, 0.6) is 0 Å². The van der Waals surface area contributed by atoms with Crippen LogP contribution in [0.25, 0.3) is 0 Å². The number of carboxylic acids is 2. The molecular weight excluding hydrogens is 691 g/mol. The first kappa shape index (κ1) is 41.2. The third-order valence-electron chi connectivity index (χ3n) is 11.4. The van der Waals surface area contributed by atoms with Crippen molar-refractivity contribution < 1.29 is 33.9 Å². The molecule has 0 unspecified atom stereocenters. The summed E-state index contributed by atoms with van der Waals surface area (Å²) in [4.78, 5) is 35.5. The van der Waals surface area contributed by atoms with Gasteiger partial charge in [0.15, 0.2) is 5.71 Å². The molecular formula is C46H60N3O6+. The number of ether oxygens (including phenoxy) is 1. The highest BCUT2D eigenvalue weighted by molar-refractivity contribution is 6.03. The van der Waals surface area contributed by atoms with Crippen LogP contribution in [-0.2, 0) is 30.0 Å². The number of benzene rings is 2. The molecule has 9 heteroatoms. The van der Waals surface area contributed by atoms with Gasteiger partial charge in [0.25, 0.3) is 6.47 Å². The van der Waals surface area contributed by atoms with Crippen LogP contribution in [0.1, 0.15) is 116 Å². The van der Waals surface area contributed by atoms with E-state index in [-0.39, 0.29) is 23.7 Å². The Labute approximate surface area is 327 Å². The van der Waals surface area contributed by atoms with E-state index in [2.05, 4.69) is 115 Å². The summed E-state index contributed by atoms with van der Waals surface area (Å²) in [6, 6.07) is 17.2. The van der Waals surface area contributed by atoms with Crippen molar-refractivity contribution in [1.29, 1.82) is 0 Å². The average molecular weight is 751 g/mol. The van der Waals surface area contributed by atoms with E-state index >= 15 is 0 Å². The highest BCUT2D eigenvalue weighted by Crippen LogP contribution is 2.48. The number of allylic oxidation sites excluding steroid dienone is 7. The molecule has 0 amide bonds.